The molecule has 0 unspecified atom stereocenters. The Morgan fingerprint density at radius 3 is 2.56 bits per heavy atom. The zero-order chi connectivity index (χ0) is 29.7. The SMILES string of the molecule is CCCc1nc2c(C)cc(C(=O)O)nc2n1Cc1ccc2oc(-c3ccccc3NS(=O)(=O)C(F)(F)F)c(Br)c2c1. The molecule has 0 saturated heterocycles. The average molecular weight is 651 g/mol. The van der Waals surface area contributed by atoms with Gasteiger partial charge in [0.25, 0.3) is 0 Å². The van der Waals surface area contributed by atoms with Crippen LogP contribution in [0.3, 0.4) is 0 Å². The molecule has 3 heterocycles. The second kappa shape index (κ2) is 10.5. The molecular weight excluding hydrogens is 629 g/mol. The number of hydrogen-bond donors (Lipinski definition) is 2. The Balaban J connectivity index is 1.58. The number of carboxylic acids is 1. The molecule has 5 aromatic rings. The van der Waals surface area contributed by atoms with Crippen molar-refractivity contribution in [3.05, 3.63) is 75.6 Å². The molecule has 0 saturated carbocycles. The molecular formula is C27H22BrF3N4O5S. The number of pyridine rings is 1. The molecule has 9 nitrogen and oxygen atoms in total. The molecule has 0 bridgehead atoms. The predicted molar refractivity (Wildman–Crippen MR) is 150 cm³/mol. The Bertz CT molecular complexity index is 1930. The second-order valence-electron chi connectivity index (χ2n) is 9.34. The molecule has 14 heteroatoms. The van der Waals surface area contributed by atoms with Crippen molar-refractivity contribution >= 4 is 59.7 Å². The van der Waals surface area contributed by atoms with Crippen molar-refractivity contribution in [1.82, 2.24) is 14.5 Å². The number of alkyl halides is 3. The van der Waals surface area contributed by atoms with Crippen LogP contribution in [0.1, 0.15) is 40.8 Å². The van der Waals surface area contributed by atoms with Crippen LogP contribution in [0.4, 0.5) is 18.9 Å². The van der Waals surface area contributed by atoms with Crippen LogP contribution < -0.4 is 4.72 Å². The normalized spacial score (nSPS) is 12.3. The number of hydrogen-bond acceptors (Lipinski definition) is 6. The van der Waals surface area contributed by atoms with Gasteiger partial charge < -0.3 is 14.1 Å². The summed E-state index contributed by atoms with van der Waals surface area (Å²) in [6.45, 7) is 4.11. The van der Waals surface area contributed by atoms with E-state index in [4.69, 9.17) is 9.40 Å². The van der Waals surface area contributed by atoms with Crippen LogP contribution in [0.25, 0.3) is 33.5 Å². The van der Waals surface area contributed by atoms with E-state index in [1.807, 2.05) is 17.6 Å². The van der Waals surface area contributed by atoms with E-state index < -0.39 is 21.5 Å². The number of anilines is 1. The van der Waals surface area contributed by atoms with E-state index in [-0.39, 0.29) is 22.7 Å². The molecule has 41 heavy (non-hydrogen) atoms. The largest absolute Gasteiger partial charge is 0.516 e. The van der Waals surface area contributed by atoms with Crippen molar-refractivity contribution in [2.75, 3.05) is 4.72 Å². The maximum Gasteiger partial charge on any atom is 0.516 e. The fourth-order valence-electron chi connectivity index (χ4n) is 4.52. The van der Waals surface area contributed by atoms with E-state index >= 15 is 0 Å². The zero-order valence-electron chi connectivity index (χ0n) is 21.6. The lowest BCUT2D eigenvalue weighted by Crippen LogP contribution is -2.30. The van der Waals surface area contributed by atoms with Crippen LogP contribution in [0.5, 0.6) is 0 Å². The molecule has 0 radical (unpaired) electrons. The fourth-order valence-corrected chi connectivity index (χ4v) is 5.71. The van der Waals surface area contributed by atoms with E-state index in [1.165, 1.54) is 24.3 Å². The van der Waals surface area contributed by atoms with Gasteiger partial charge in [-0.3, -0.25) is 4.72 Å². The summed E-state index contributed by atoms with van der Waals surface area (Å²) in [5, 5.41) is 10.1. The van der Waals surface area contributed by atoms with Crippen LogP contribution >= 0.6 is 15.9 Å². The van der Waals surface area contributed by atoms with E-state index in [0.717, 1.165) is 17.8 Å². The van der Waals surface area contributed by atoms with Gasteiger partial charge in [0.15, 0.2) is 17.1 Å². The first-order valence-corrected chi connectivity index (χ1v) is 14.6. The summed E-state index contributed by atoms with van der Waals surface area (Å²) in [7, 11) is -5.66. The highest BCUT2D eigenvalue weighted by molar-refractivity contribution is 9.10. The summed E-state index contributed by atoms with van der Waals surface area (Å²) < 4.78 is 72.5. The number of rotatable bonds is 8. The Hall–Kier alpha value is -3.91. The Labute approximate surface area is 240 Å². The van der Waals surface area contributed by atoms with Crippen molar-refractivity contribution in [3.63, 3.8) is 0 Å². The van der Waals surface area contributed by atoms with Crippen LogP contribution in [-0.2, 0) is 23.0 Å². The van der Waals surface area contributed by atoms with E-state index in [0.29, 0.717) is 45.1 Å². The van der Waals surface area contributed by atoms with Gasteiger partial charge in [-0.2, -0.15) is 21.6 Å². The fraction of sp³-hybridized carbons (Fsp3) is 0.222. The molecule has 214 valence electrons. The quantitative estimate of drug-likeness (QED) is 0.187. The van der Waals surface area contributed by atoms with Crippen LogP contribution in [0.15, 0.2) is 57.4 Å². The molecule has 0 spiro atoms. The summed E-state index contributed by atoms with van der Waals surface area (Å²) in [5.41, 5.74) is -2.80. The minimum atomic E-state index is -5.66. The molecule has 0 aliphatic rings. The third-order valence-corrected chi connectivity index (χ3v) is 8.30. The number of furan rings is 1. The first-order chi connectivity index (χ1) is 19.3. The van der Waals surface area contributed by atoms with Gasteiger partial charge in [-0.25, -0.2) is 14.8 Å². The number of sulfonamides is 1. The smallest absolute Gasteiger partial charge is 0.477 e. The van der Waals surface area contributed by atoms with Crippen molar-refractivity contribution in [2.45, 2.75) is 38.7 Å². The molecule has 2 aromatic carbocycles. The zero-order valence-corrected chi connectivity index (χ0v) is 24.0. The summed E-state index contributed by atoms with van der Waals surface area (Å²) in [6.07, 6.45) is 1.45. The lowest BCUT2D eigenvalue weighted by atomic mass is 10.1. The molecule has 0 atom stereocenters. The molecule has 2 N–H and O–H groups in total. The number of para-hydroxylation sites is 1. The number of imidazole rings is 1. The molecule has 0 aliphatic heterocycles. The van der Waals surface area contributed by atoms with Gasteiger partial charge >= 0.3 is 21.5 Å². The average Bonchev–Trinajstić information content (AvgIpc) is 3.41. The van der Waals surface area contributed by atoms with Gasteiger partial charge in [0.1, 0.15) is 16.9 Å². The summed E-state index contributed by atoms with van der Waals surface area (Å²) >= 11 is 3.48. The van der Waals surface area contributed by atoms with Crippen LogP contribution in [-0.4, -0.2) is 39.5 Å². The van der Waals surface area contributed by atoms with E-state index in [2.05, 4.69) is 20.9 Å². The Morgan fingerprint density at radius 2 is 1.88 bits per heavy atom. The molecule has 0 fully saturated rings. The van der Waals surface area contributed by atoms with Gasteiger partial charge in [0.2, 0.25) is 0 Å². The molecule has 0 amide bonds. The number of carbonyl (C=O) groups is 1. The van der Waals surface area contributed by atoms with Crippen LogP contribution in [0.2, 0.25) is 0 Å². The highest BCUT2D eigenvalue weighted by atomic mass is 79.9. The highest BCUT2D eigenvalue weighted by Crippen LogP contribution is 2.42. The van der Waals surface area contributed by atoms with Gasteiger partial charge in [0, 0.05) is 17.4 Å². The lowest BCUT2D eigenvalue weighted by molar-refractivity contribution is -0.0429. The third-order valence-electron chi connectivity index (χ3n) is 6.42. The van der Waals surface area contributed by atoms with Gasteiger partial charge in [-0.15, -0.1) is 0 Å². The minimum Gasteiger partial charge on any atom is -0.477 e. The Morgan fingerprint density at radius 1 is 1.15 bits per heavy atom. The minimum absolute atomic E-state index is 0.0864. The molecule has 3 aromatic heterocycles. The van der Waals surface area contributed by atoms with E-state index in [1.54, 1.807) is 29.8 Å². The van der Waals surface area contributed by atoms with Gasteiger partial charge in [0.05, 0.1) is 16.7 Å². The standard InChI is InChI=1S/C27H22BrF3N4O5S/c1-3-6-21-33-23-14(2)11-19(26(36)37)32-25(23)35(21)13-15-9-10-20-17(12-15)22(28)24(40-20)16-7-4-5-8-18(16)34-41(38,39)27(29,30)31/h4-5,7-12,34H,3,6,13H2,1-2H3,(H,36,37). The van der Waals surface area contributed by atoms with Crippen molar-refractivity contribution in [2.24, 2.45) is 0 Å². The topological polar surface area (TPSA) is 127 Å². The molecule has 5 rings (SSSR count). The summed E-state index contributed by atoms with van der Waals surface area (Å²) in [4.78, 5) is 20.7. The number of carboxylic acid groups (broad SMARTS) is 1. The number of aryl methyl sites for hydroxylation is 2. The number of aromatic nitrogens is 3. The van der Waals surface area contributed by atoms with E-state index in [9.17, 15) is 31.5 Å². The van der Waals surface area contributed by atoms with Gasteiger partial charge in [-0.1, -0.05) is 25.1 Å². The predicted octanol–water partition coefficient (Wildman–Crippen LogP) is 6.88. The Kier molecular flexibility index (Phi) is 7.32. The summed E-state index contributed by atoms with van der Waals surface area (Å²) in [6, 6.07) is 12.4. The number of benzene rings is 2. The number of fused-ring (bicyclic) bond motifs is 2. The number of halogens is 4. The highest BCUT2D eigenvalue weighted by Gasteiger charge is 2.46. The number of nitrogens with one attached hydrogen (secondary N) is 1. The number of aromatic carboxylic acids is 1. The third kappa shape index (κ3) is 5.28. The maximum atomic E-state index is 13.0. The monoisotopic (exact) mass is 650 g/mol. The van der Waals surface area contributed by atoms with Crippen molar-refractivity contribution < 1.29 is 35.9 Å². The van der Waals surface area contributed by atoms with Gasteiger partial charge in [-0.05, 0) is 70.7 Å². The van der Waals surface area contributed by atoms with Crippen LogP contribution in [0, 0.1) is 6.92 Å². The first-order valence-electron chi connectivity index (χ1n) is 12.3. The summed E-state index contributed by atoms with van der Waals surface area (Å²) in [5.74, 6) is -0.256. The second-order valence-corrected chi connectivity index (χ2v) is 11.8. The van der Waals surface area contributed by atoms with Crippen molar-refractivity contribution in [3.8, 4) is 11.3 Å². The molecule has 0 aliphatic carbocycles. The number of nitrogens with zero attached hydrogens (tertiary/aromatic N) is 3. The first kappa shape index (κ1) is 28.6. The maximum absolute atomic E-state index is 13.0. The van der Waals surface area contributed by atoms with Crippen molar-refractivity contribution in [1.29, 1.82) is 0 Å². The lowest BCUT2D eigenvalue weighted by Gasteiger charge is -2.13.